The number of rotatable bonds is 3. The molecule has 1 aliphatic carbocycles. The molecule has 0 spiro atoms. The number of amides is 1. The summed E-state index contributed by atoms with van der Waals surface area (Å²) in [7, 11) is 0. The van der Waals surface area contributed by atoms with E-state index in [1.165, 1.54) is 32.1 Å². The summed E-state index contributed by atoms with van der Waals surface area (Å²) in [5.74, 6) is 1.07. The van der Waals surface area contributed by atoms with Crippen molar-refractivity contribution in [2.75, 3.05) is 6.54 Å². The molecule has 2 N–H and O–H groups in total. The highest BCUT2D eigenvalue weighted by Gasteiger charge is 2.38. The van der Waals surface area contributed by atoms with Gasteiger partial charge in [-0.2, -0.15) is 0 Å². The summed E-state index contributed by atoms with van der Waals surface area (Å²) in [6.45, 7) is 7.52. The molecule has 110 valence electrons. The Balaban J connectivity index is 1.86. The zero-order valence-electron chi connectivity index (χ0n) is 12.8. The maximum atomic E-state index is 12.4. The molecular weight excluding hydrogens is 236 g/mol. The number of hydrogen-bond acceptors (Lipinski definition) is 2. The van der Waals surface area contributed by atoms with Gasteiger partial charge in [0, 0.05) is 25.0 Å². The van der Waals surface area contributed by atoms with Gasteiger partial charge in [0.25, 0.3) is 0 Å². The Morgan fingerprint density at radius 2 is 1.95 bits per heavy atom. The number of nitrogens with zero attached hydrogens (tertiary/aromatic N) is 1. The van der Waals surface area contributed by atoms with Gasteiger partial charge in [0.15, 0.2) is 0 Å². The van der Waals surface area contributed by atoms with Crippen LogP contribution >= 0.6 is 0 Å². The molecule has 3 heteroatoms. The molecule has 1 aliphatic heterocycles. The van der Waals surface area contributed by atoms with Gasteiger partial charge in [-0.1, -0.05) is 33.6 Å². The van der Waals surface area contributed by atoms with Crippen LogP contribution in [0, 0.1) is 11.3 Å². The molecule has 1 amide bonds. The minimum Gasteiger partial charge on any atom is -0.339 e. The Kier molecular flexibility index (Phi) is 4.54. The van der Waals surface area contributed by atoms with E-state index in [9.17, 15) is 4.79 Å². The zero-order chi connectivity index (χ0) is 14.0. The summed E-state index contributed by atoms with van der Waals surface area (Å²) in [4.78, 5) is 14.6. The van der Waals surface area contributed by atoms with Gasteiger partial charge in [-0.15, -0.1) is 0 Å². The molecule has 3 nitrogen and oxygen atoms in total. The Labute approximate surface area is 117 Å². The Morgan fingerprint density at radius 3 is 2.63 bits per heavy atom. The van der Waals surface area contributed by atoms with E-state index < -0.39 is 0 Å². The first-order valence-corrected chi connectivity index (χ1v) is 7.92. The van der Waals surface area contributed by atoms with Gasteiger partial charge in [-0.25, -0.2) is 0 Å². The van der Waals surface area contributed by atoms with Crippen molar-refractivity contribution < 1.29 is 4.79 Å². The lowest BCUT2D eigenvalue weighted by Gasteiger charge is -2.32. The van der Waals surface area contributed by atoms with E-state index in [2.05, 4.69) is 25.7 Å². The summed E-state index contributed by atoms with van der Waals surface area (Å²) < 4.78 is 0. The molecule has 0 bridgehead atoms. The first-order valence-electron chi connectivity index (χ1n) is 7.92. The fraction of sp³-hybridized carbons (Fsp3) is 0.938. The van der Waals surface area contributed by atoms with Crippen LogP contribution in [0.1, 0.15) is 65.7 Å². The third-order valence-corrected chi connectivity index (χ3v) is 4.64. The minimum absolute atomic E-state index is 0.00939. The van der Waals surface area contributed by atoms with Crippen LogP contribution in [0.4, 0.5) is 0 Å². The number of carbonyl (C=O) groups is 1. The number of likely N-dealkylation sites (tertiary alicyclic amines) is 1. The van der Waals surface area contributed by atoms with Crippen LogP contribution in [0.2, 0.25) is 0 Å². The minimum atomic E-state index is 0.00939. The van der Waals surface area contributed by atoms with Crippen molar-refractivity contribution >= 4 is 5.91 Å². The number of carbonyl (C=O) groups excluding carboxylic acids is 1. The predicted octanol–water partition coefficient (Wildman–Crippen LogP) is 2.93. The van der Waals surface area contributed by atoms with E-state index >= 15 is 0 Å². The molecule has 1 saturated heterocycles. The molecule has 1 saturated carbocycles. The maximum absolute atomic E-state index is 12.4. The van der Waals surface area contributed by atoms with Crippen LogP contribution in [0.25, 0.3) is 0 Å². The lowest BCUT2D eigenvalue weighted by molar-refractivity contribution is -0.133. The van der Waals surface area contributed by atoms with E-state index in [0.717, 1.165) is 18.9 Å². The molecule has 2 fully saturated rings. The highest BCUT2D eigenvalue weighted by Crippen LogP contribution is 2.36. The standard InChI is InChI=1S/C16H30N2O/c1-16(2,3)11-13(17)10-15(19)18-9-8-12-6-4-5-7-14(12)18/h12-14H,4-11,17H2,1-3H3. The van der Waals surface area contributed by atoms with Crippen molar-refractivity contribution in [3.8, 4) is 0 Å². The lowest BCUT2D eigenvalue weighted by atomic mass is 9.85. The molecule has 0 radical (unpaired) electrons. The van der Waals surface area contributed by atoms with Crippen molar-refractivity contribution in [2.45, 2.75) is 77.8 Å². The third-order valence-electron chi connectivity index (χ3n) is 4.64. The van der Waals surface area contributed by atoms with Gasteiger partial charge in [-0.05, 0) is 37.0 Å². The molecule has 2 rings (SSSR count). The first kappa shape index (κ1) is 14.8. The predicted molar refractivity (Wildman–Crippen MR) is 78.7 cm³/mol. The summed E-state index contributed by atoms with van der Waals surface area (Å²) >= 11 is 0. The van der Waals surface area contributed by atoms with Gasteiger partial charge in [-0.3, -0.25) is 4.79 Å². The van der Waals surface area contributed by atoms with Crippen LogP contribution < -0.4 is 5.73 Å². The van der Waals surface area contributed by atoms with Crippen molar-refractivity contribution in [1.82, 2.24) is 4.90 Å². The third kappa shape index (κ3) is 3.95. The Hall–Kier alpha value is -0.570. The lowest BCUT2D eigenvalue weighted by Crippen LogP contribution is -2.42. The van der Waals surface area contributed by atoms with E-state index in [4.69, 9.17) is 5.73 Å². The van der Waals surface area contributed by atoms with Crippen LogP contribution in [0.5, 0.6) is 0 Å². The van der Waals surface area contributed by atoms with E-state index in [1.54, 1.807) is 0 Å². The van der Waals surface area contributed by atoms with Crippen molar-refractivity contribution in [1.29, 1.82) is 0 Å². The van der Waals surface area contributed by atoms with Gasteiger partial charge in [0.1, 0.15) is 0 Å². The normalized spacial score (nSPS) is 29.2. The summed E-state index contributed by atoms with van der Waals surface area (Å²) in [6.07, 6.45) is 7.84. The Bertz CT molecular complexity index is 321. The molecule has 3 atom stereocenters. The zero-order valence-corrected chi connectivity index (χ0v) is 12.8. The topological polar surface area (TPSA) is 46.3 Å². The molecule has 3 unspecified atom stereocenters. The van der Waals surface area contributed by atoms with Gasteiger partial charge < -0.3 is 10.6 Å². The second-order valence-corrected chi connectivity index (χ2v) is 7.72. The molecular formula is C16H30N2O. The molecule has 1 heterocycles. The van der Waals surface area contributed by atoms with Crippen LogP contribution in [0.3, 0.4) is 0 Å². The van der Waals surface area contributed by atoms with E-state index in [-0.39, 0.29) is 11.5 Å². The summed E-state index contributed by atoms with van der Waals surface area (Å²) in [5, 5.41) is 0. The van der Waals surface area contributed by atoms with E-state index in [1.807, 2.05) is 0 Å². The highest BCUT2D eigenvalue weighted by atomic mass is 16.2. The molecule has 0 aromatic rings. The fourth-order valence-corrected chi connectivity index (χ4v) is 3.92. The quantitative estimate of drug-likeness (QED) is 0.853. The van der Waals surface area contributed by atoms with Gasteiger partial charge in [0.05, 0.1) is 0 Å². The molecule has 2 aliphatic rings. The second kappa shape index (κ2) is 5.82. The van der Waals surface area contributed by atoms with Crippen LogP contribution in [-0.2, 0) is 4.79 Å². The average molecular weight is 266 g/mol. The maximum Gasteiger partial charge on any atom is 0.224 e. The monoisotopic (exact) mass is 266 g/mol. The number of nitrogens with two attached hydrogens (primary N) is 1. The fourth-order valence-electron chi connectivity index (χ4n) is 3.92. The van der Waals surface area contributed by atoms with Crippen molar-refractivity contribution in [3.05, 3.63) is 0 Å². The average Bonchev–Trinajstić information content (AvgIpc) is 2.69. The number of hydrogen-bond donors (Lipinski definition) is 1. The van der Waals surface area contributed by atoms with Crippen LogP contribution in [-0.4, -0.2) is 29.4 Å². The molecule has 0 aromatic carbocycles. The van der Waals surface area contributed by atoms with Crippen molar-refractivity contribution in [3.63, 3.8) is 0 Å². The SMILES string of the molecule is CC(C)(C)CC(N)CC(=O)N1CCC2CCCCC21. The van der Waals surface area contributed by atoms with Gasteiger partial charge >= 0.3 is 0 Å². The van der Waals surface area contributed by atoms with Crippen LogP contribution in [0.15, 0.2) is 0 Å². The van der Waals surface area contributed by atoms with Crippen molar-refractivity contribution in [2.24, 2.45) is 17.1 Å². The largest absolute Gasteiger partial charge is 0.339 e. The first-order chi connectivity index (χ1) is 8.87. The highest BCUT2D eigenvalue weighted by molar-refractivity contribution is 5.77. The number of fused-ring (bicyclic) bond motifs is 1. The van der Waals surface area contributed by atoms with E-state index in [0.29, 0.717) is 18.4 Å². The summed E-state index contributed by atoms with van der Waals surface area (Å²) in [5.41, 5.74) is 6.36. The summed E-state index contributed by atoms with van der Waals surface area (Å²) in [6, 6.07) is 0.540. The second-order valence-electron chi connectivity index (χ2n) is 7.72. The Morgan fingerprint density at radius 1 is 1.26 bits per heavy atom. The molecule has 0 aromatic heterocycles. The molecule has 19 heavy (non-hydrogen) atoms. The smallest absolute Gasteiger partial charge is 0.224 e. The van der Waals surface area contributed by atoms with Gasteiger partial charge in [0.2, 0.25) is 5.91 Å².